The van der Waals surface area contributed by atoms with Crippen LogP contribution in [0.2, 0.25) is 5.02 Å². The number of carbonyl (C=O) groups excluding carboxylic acids is 2. The molecule has 0 unspecified atom stereocenters. The van der Waals surface area contributed by atoms with E-state index in [9.17, 15) is 14.7 Å². The van der Waals surface area contributed by atoms with Crippen LogP contribution in [0.3, 0.4) is 0 Å². The van der Waals surface area contributed by atoms with Gasteiger partial charge in [0, 0.05) is 16.7 Å². The molecular weight excluding hydrogens is 428 g/mol. The monoisotopic (exact) mass is 450 g/mol. The molecule has 0 aliphatic carbocycles. The van der Waals surface area contributed by atoms with Crippen LogP contribution in [0.25, 0.3) is 5.76 Å². The number of nitrogens with zero attached hydrogens (tertiary/aromatic N) is 2. The number of halogens is 1. The number of aromatic nitrogens is 1. The second-order valence-corrected chi connectivity index (χ2v) is 9.28. The van der Waals surface area contributed by atoms with Crippen molar-refractivity contribution in [3.05, 3.63) is 87.6 Å². The van der Waals surface area contributed by atoms with Crippen LogP contribution in [0.15, 0.2) is 64.7 Å². The normalized spacial score (nSPS) is 18.4. The first-order valence-electron chi connectivity index (χ1n) is 10.2. The highest BCUT2D eigenvalue weighted by Gasteiger charge is 2.48. The third-order valence-electron chi connectivity index (χ3n) is 5.52. The molecule has 0 bridgehead atoms. The predicted molar refractivity (Wildman–Crippen MR) is 123 cm³/mol. The summed E-state index contributed by atoms with van der Waals surface area (Å²) in [5, 5.41) is 15.5. The lowest BCUT2D eigenvalue weighted by Crippen LogP contribution is -2.29. The van der Waals surface area contributed by atoms with Crippen LogP contribution in [0, 0.1) is 6.92 Å². The van der Waals surface area contributed by atoms with Gasteiger partial charge in [0.05, 0.1) is 11.6 Å². The first-order valence-corrected chi connectivity index (χ1v) is 10.6. The summed E-state index contributed by atoms with van der Waals surface area (Å²) in [4.78, 5) is 27.4. The summed E-state index contributed by atoms with van der Waals surface area (Å²) in [5.74, 6) is -1.12. The quantitative estimate of drug-likeness (QED) is 0.321. The molecule has 0 spiro atoms. The number of Topliss-reactive ketones (excluding diaryl/α,β-unsaturated/α-hetero) is 1. The lowest BCUT2D eigenvalue weighted by Gasteiger charge is -2.24. The van der Waals surface area contributed by atoms with E-state index in [1.807, 2.05) is 24.3 Å². The molecule has 6 nitrogen and oxygen atoms in total. The maximum absolute atomic E-state index is 13.1. The van der Waals surface area contributed by atoms with Gasteiger partial charge in [-0.05, 0) is 47.7 Å². The number of carbonyl (C=O) groups is 2. The number of aliphatic hydroxyl groups is 1. The maximum Gasteiger partial charge on any atom is 0.301 e. The van der Waals surface area contributed by atoms with Gasteiger partial charge in [0.15, 0.2) is 5.82 Å². The Morgan fingerprint density at radius 2 is 1.69 bits per heavy atom. The fourth-order valence-corrected chi connectivity index (χ4v) is 3.91. The van der Waals surface area contributed by atoms with Gasteiger partial charge in [-0.25, -0.2) is 0 Å². The smallest absolute Gasteiger partial charge is 0.301 e. The first kappa shape index (κ1) is 21.8. The Labute approximate surface area is 191 Å². The Morgan fingerprint density at radius 3 is 2.22 bits per heavy atom. The van der Waals surface area contributed by atoms with Crippen LogP contribution in [-0.4, -0.2) is 22.0 Å². The van der Waals surface area contributed by atoms with E-state index in [4.69, 9.17) is 16.1 Å². The van der Waals surface area contributed by atoms with E-state index in [1.54, 1.807) is 37.3 Å². The van der Waals surface area contributed by atoms with Crippen molar-refractivity contribution in [1.29, 1.82) is 0 Å². The number of hydrogen-bond donors (Lipinski definition) is 1. The number of aliphatic hydroxyl groups excluding tert-OH is 1. The van der Waals surface area contributed by atoms with Gasteiger partial charge in [0.25, 0.3) is 5.78 Å². The van der Waals surface area contributed by atoms with Gasteiger partial charge in [-0.2, -0.15) is 0 Å². The first-order chi connectivity index (χ1) is 15.1. The molecule has 2 aromatic carbocycles. The topological polar surface area (TPSA) is 83.6 Å². The number of amides is 1. The lowest BCUT2D eigenvalue weighted by atomic mass is 9.85. The van der Waals surface area contributed by atoms with Crippen molar-refractivity contribution in [1.82, 2.24) is 5.16 Å². The highest BCUT2D eigenvalue weighted by atomic mass is 35.5. The fraction of sp³-hybridized carbons (Fsp3) is 0.240. The number of hydrogen-bond acceptors (Lipinski definition) is 5. The van der Waals surface area contributed by atoms with E-state index >= 15 is 0 Å². The zero-order valence-corrected chi connectivity index (χ0v) is 19.0. The van der Waals surface area contributed by atoms with Crippen LogP contribution >= 0.6 is 11.6 Å². The molecular formula is C25H23ClN2O4. The van der Waals surface area contributed by atoms with Gasteiger partial charge in [-0.1, -0.05) is 61.8 Å². The lowest BCUT2D eigenvalue weighted by molar-refractivity contribution is -0.132. The Balaban J connectivity index is 1.91. The molecule has 1 aliphatic heterocycles. The molecule has 1 fully saturated rings. The predicted octanol–water partition coefficient (Wildman–Crippen LogP) is 5.56. The van der Waals surface area contributed by atoms with Crippen LogP contribution in [0.1, 0.15) is 49.3 Å². The summed E-state index contributed by atoms with van der Waals surface area (Å²) < 4.78 is 5.15. The second-order valence-electron chi connectivity index (χ2n) is 8.84. The number of ketones is 1. The Hall–Kier alpha value is -3.38. The largest absolute Gasteiger partial charge is 0.507 e. The van der Waals surface area contributed by atoms with Gasteiger partial charge in [0.1, 0.15) is 11.5 Å². The molecule has 7 heteroatoms. The van der Waals surface area contributed by atoms with Crippen LogP contribution in [0.5, 0.6) is 0 Å². The van der Waals surface area contributed by atoms with Crippen molar-refractivity contribution in [2.45, 2.75) is 39.2 Å². The summed E-state index contributed by atoms with van der Waals surface area (Å²) in [7, 11) is 0. The summed E-state index contributed by atoms with van der Waals surface area (Å²) in [6.07, 6.45) is 0. The van der Waals surface area contributed by atoms with Crippen molar-refractivity contribution in [3.8, 4) is 0 Å². The molecule has 1 amide bonds. The molecule has 1 N–H and O–H groups in total. The molecule has 1 saturated heterocycles. The van der Waals surface area contributed by atoms with E-state index in [2.05, 4.69) is 25.9 Å². The molecule has 164 valence electrons. The van der Waals surface area contributed by atoms with Crippen LogP contribution < -0.4 is 4.90 Å². The van der Waals surface area contributed by atoms with E-state index < -0.39 is 17.7 Å². The number of benzene rings is 2. The van der Waals surface area contributed by atoms with Gasteiger partial charge >= 0.3 is 5.91 Å². The Morgan fingerprint density at radius 1 is 1.06 bits per heavy atom. The number of aryl methyl sites for hydroxylation is 1. The Bertz CT molecular complexity index is 1220. The average Bonchev–Trinajstić information content (AvgIpc) is 3.28. The van der Waals surface area contributed by atoms with Crippen molar-refractivity contribution in [2.75, 3.05) is 4.90 Å². The summed E-state index contributed by atoms with van der Waals surface area (Å²) >= 11 is 5.96. The Kier molecular flexibility index (Phi) is 5.42. The zero-order chi connectivity index (χ0) is 23.2. The van der Waals surface area contributed by atoms with Crippen molar-refractivity contribution in [3.63, 3.8) is 0 Å². The molecule has 2 heterocycles. The van der Waals surface area contributed by atoms with E-state index in [0.29, 0.717) is 21.9 Å². The van der Waals surface area contributed by atoms with Gasteiger partial charge in [0.2, 0.25) is 0 Å². The molecule has 1 atom stereocenters. The minimum absolute atomic E-state index is 0.0125. The molecule has 3 aromatic rings. The standard InChI is InChI=1S/C25H23ClN2O4/c1-14-13-19(27-32-14)28-21(15-5-9-17(10-6-15)25(2,3)4)20(23(30)24(28)31)22(29)16-7-11-18(26)12-8-16/h5-13,21,29H,1-4H3/t21-/m1/s1. The molecule has 32 heavy (non-hydrogen) atoms. The van der Waals surface area contributed by atoms with E-state index in [1.165, 1.54) is 4.90 Å². The maximum atomic E-state index is 13.1. The van der Waals surface area contributed by atoms with Crippen molar-refractivity contribution >= 4 is 34.9 Å². The summed E-state index contributed by atoms with van der Waals surface area (Å²) in [6, 6.07) is 14.8. The summed E-state index contributed by atoms with van der Waals surface area (Å²) in [5.41, 5.74) is 2.09. The van der Waals surface area contributed by atoms with E-state index in [0.717, 1.165) is 5.56 Å². The highest BCUT2D eigenvalue weighted by molar-refractivity contribution is 6.51. The van der Waals surface area contributed by atoms with Gasteiger partial charge in [-0.15, -0.1) is 0 Å². The molecule has 0 radical (unpaired) electrons. The summed E-state index contributed by atoms with van der Waals surface area (Å²) in [6.45, 7) is 8.01. The molecule has 1 aliphatic rings. The van der Waals surface area contributed by atoms with Crippen LogP contribution in [-0.2, 0) is 15.0 Å². The average molecular weight is 451 g/mol. The van der Waals surface area contributed by atoms with Gasteiger partial charge < -0.3 is 9.63 Å². The molecule has 1 aromatic heterocycles. The minimum Gasteiger partial charge on any atom is -0.507 e. The fourth-order valence-electron chi connectivity index (χ4n) is 3.78. The third-order valence-corrected chi connectivity index (χ3v) is 5.77. The third kappa shape index (κ3) is 3.82. The van der Waals surface area contributed by atoms with Crippen LogP contribution in [0.4, 0.5) is 5.82 Å². The van der Waals surface area contributed by atoms with Gasteiger partial charge in [-0.3, -0.25) is 14.5 Å². The molecule has 4 rings (SSSR count). The number of rotatable bonds is 3. The van der Waals surface area contributed by atoms with E-state index in [-0.39, 0.29) is 22.6 Å². The van der Waals surface area contributed by atoms with Crippen molar-refractivity contribution < 1.29 is 19.2 Å². The highest BCUT2D eigenvalue weighted by Crippen LogP contribution is 2.42. The second kappa shape index (κ2) is 7.95. The van der Waals surface area contributed by atoms with Crippen molar-refractivity contribution in [2.24, 2.45) is 0 Å². The SMILES string of the molecule is Cc1cc(N2C(=O)C(=O)C(=C(O)c3ccc(Cl)cc3)[C@H]2c2ccc(C(C)(C)C)cc2)no1. The zero-order valence-electron chi connectivity index (χ0n) is 18.2. The number of anilines is 1. The molecule has 0 saturated carbocycles. The minimum atomic E-state index is -0.857.